The Balaban J connectivity index is 1.48. The van der Waals surface area contributed by atoms with E-state index in [9.17, 15) is 10.1 Å². The third-order valence-electron chi connectivity index (χ3n) is 8.18. The molecule has 5 nitrogen and oxygen atoms in total. The summed E-state index contributed by atoms with van der Waals surface area (Å²) in [7, 11) is -2.77. The van der Waals surface area contributed by atoms with Crippen LogP contribution in [0.25, 0.3) is 0 Å². The summed E-state index contributed by atoms with van der Waals surface area (Å²) in [4.78, 5) is 15.3. The molecule has 4 aromatic rings. The summed E-state index contributed by atoms with van der Waals surface area (Å²) in [6.07, 6.45) is 0.932. The number of amides is 1. The minimum absolute atomic E-state index is 0.0740. The molecule has 1 fully saturated rings. The summed E-state index contributed by atoms with van der Waals surface area (Å²) in [6, 6.07) is 40.5. The largest absolute Gasteiger partial charge is 0.445 e. The fourth-order valence-electron chi connectivity index (χ4n) is 6.10. The molecule has 0 saturated carbocycles. The minimum Gasteiger partial charge on any atom is -0.445 e. The number of rotatable bonds is 7. The van der Waals surface area contributed by atoms with Gasteiger partial charge in [-0.15, -0.1) is 0 Å². The fraction of sp³-hybridized carbons (Fsp3) is 0.278. The molecule has 2 atom stereocenters. The van der Waals surface area contributed by atoms with Gasteiger partial charge in [0.25, 0.3) is 8.32 Å². The van der Waals surface area contributed by atoms with Gasteiger partial charge in [-0.05, 0) is 51.5 Å². The van der Waals surface area contributed by atoms with E-state index < -0.39 is 8.32 Å². The second kappa shape index (κ2) is 12.8. The molecule has 5 rings (SSSR count). The van der Waals surface area contributed by atoms with Crippen LogP contribution in [0.1, 0.15) is 56.3 Å². The lowest BCUT2D eigenvalue weighted by atomic mass is 9.93. The lowest BCUT2D eigenvalue weighted by Gasteiger charge is -2.48. The van der Waals surface area contributed by atoms with Gasteiger partial charge in [-0.2, -0.15) is 5.26 Å². The molecule has 1 aliphatic heterocycles. The van der Waals surface area contributed by atoms with E-state index in [0.29, 0.717) is 24.9 Å². The first-order valence-corrected chi connectivity index (χ1v) is 16.5. The SMILES string of the molecule is CC(C)(C)[Si](OC1CCN(C(=O)OCc2ccccc2)C(c2ccc(C#N)cc2)C1)(c1ccccc1)c1ccccc1. The normalized spacial score (nSPS) is 17.3. The maximum Gasteiger partial charge on any atom is 0.410 e. The van der Waals surface area contributed by atoms with Crippen LogP contribution in [0.3, 0.4) is 0 Å². The Morgan fingerprint density at radius 1 is 0.857 bits per heavy atom. The molecular formula is C36H38N2O3Si. The van der Waals surface area contributed by atoms with Crippen LogP contribution in [0, 0.1) is 11.3 Å². The van der Waals surface area contributed by atoms with Crippen molar-refractivity contribution in [2.45, 2.75) is 57.4 Å². The first kappa shape index (κ1) is 29.3. The van der Waals surface area contributed by atoms with Crippen molar-refractivity contribution in [2.75, 3.05) is 6.54 Å². The smallest absolute Gasteiger partial charge is 0.410 e. The summed E-state index contributed by atoms with van der Waals surface area (Å²) < 4.78 is 13.3. The summed E-state index contributed by atoms with van der Waals surface area (Å²) in [6.45, 7) is 7.59. The highest BCUT2D eigenvalue weighted by atomic mass is 28.4. The van der Waals surface area contributed by atoms with Crippen LogP contribution in [0.15, 0.2) is 115 Å². The molecule has 0 N–H and O–H groups in total. The number of nitriles is 1. The van der Waals surface area contributed by atoms with Gasteiger partial charge in [-0.25, -0.2) is 4.79 Å². The maximum absolute atomic E-state index is 13.5. The molecule has 4 aromatic carbocycles. The zero-order valence-corrected chi connectivity index (χ0v) is 25.6. The molecule has 1 heterocycles. The van der Waals surface area contributed by atoms with E-state index >= 15 is 0 Å². The van der Waals surface area contributed by atoms with Gasteiger partial charge >= 0.3 is 6.09 Å². The fourth-order valence-corrected chi connectivity index (χ4v) is 10.8. The van der Waals surface area contributed by atoms with E-state index in [0.717, 1.165) is 11.1 Å². The topological polar surface area (TPSA) is 62.6 Å². The average molecular weight is 575 g/mol. The van der Waals surface area contributed by atoms with Crippen molar-refractivity contribution in [3.8, 4) is 6.07 Å². The van der Waals surface area contributed by atoms with Crippen molar-refractivity contribution in [3.63, 3.8) is 0 Å². The molecule has 2 unspecified atom stereocenters. The molecule has 0 radical (unpaired) electrons. The number of benzene rings is 4. The molecule has 1 amide bonds. The lowest BCUT2D eigenvalue weighted by molar-refractivity contribution is 0.0312. The van der Waals surface area contributed by atoms with E-state index in [2.05, 4.69) is 87.5 Å². The quantitative estimate of drug-likeness (QED) is 0.224. The van der Waals surface area contributed by atoms with Crippen LogP contribution in [0.5, 0.6) is 0 Å². The minimum atomic E-state index is -2.77. The van der Waals surface area contributed by atoms with Crippen LogP contribution < -0.4 is 10.4 Å². The van der Waals surface area contributed by atoms with Crippen molar-refractivity contribution in [2.24, 2.45) is 0 Å². The molecule has 0 aromatic heterocycles. The van der Waals surface area contributed by atoms with Gasteiger partial charge < -0.3 is 14.1 Å². The highest BCUT2D eigenvalue weighted by molar-refractivity contribution is 6.99. The third-order valence-corrected chi connectivity index (χ3v) is 13.3. The van der Waals surface area contributed by atoms with Gasteiger partial charge in [0.1, 0.15) is 6.61 Å². The lowest BCUT2D eigenvalue weighted by Crippen LogP contribution is -2.68. The van der Waals surface area contributed by atoms with Crippen LogP contribution in [0.4, 0.5) is 4.79 Å². The van der Waals surface area contributed by atoms with E-state index in [-0.39, 0.29) is 29.9 Å². The van der Waals surface area contributed by atoms with Gasteiger partial charge in [0.15, 0.2) is 0 Å². The zero-order chi connectivity index (χ0) is 29.6. The van der Waals surface area contributed by atoms with E-state index in [4.69, 9.17) is 9.16 Å². The Morgan fingerprint density at radius 2 is 1.40 bits per heavy atom. The molecule has 6 heteroatoms. The molecular weight excluding hydrogens is 536 g/mol. The number of carbonyl (C=O) groups excluding carboxylic acids is 1. The Labute approximate surface area is 250 Å². The van der Waals surface area contributed by atoms with Crippen LogP contribution in [-0.4, -0.2) is 32.0 Å². The molecule has 0 bridgehead atoms. The van der Waals surface area contributed by atoms with Gasteiger partial charge in [-0.1, -0.05) is 124 Å². The first-order chi connectivity index (χ1) is 20.3. The third kappa shape index (κ3) is 6.18. The van der Waals surface area contributed by atoms with Crippen molar-refractivity contribution in [3.05, 3.63) is 132 Å². The molecule has 1 aliphatic rings. The average Bonchev–Trinajstić information content (AvgIpc) is 3.03. The molecule has 0 aliphatic carbocycles. The van der Waals surface area contributed by atoms with Gasteiger partial charge in [0, 0.05) is 12.6 Å². The second-order valence-electron chi connectivity index (χ2n) is 11.9. The highest BCUT2D eigenvalue weighted by Crippen LogP contribution is 2.41. The predicted molar refractivity (Wildman–Crippen MR) is 169 cm³/mol. The van der Waals surface area contributed by atoms with Crippen LogP contribution in [0.2, 0.25) is 5.04 Å². The maximum atomic E-state index is 13.5. The number of ether oxygens (including phenoxy) is 1. The van der Waals surface area contributed by atoms with E-state index in [1.54, 1.807) is 0 Å². The summed E-state index contributed by atoms with van der Waals surface area (Å²) in [5.41, 5.74) is 2.51. The van der Waals surface area contributed by atoms with Crippen molar-refractivity contribution in [1.29, 1.82) is 5.26 Å². The highest BCUT2D eigenvalue weighted by Gasteiger charge is 2.52. The molecule has 1 saturated heterocycles. The Bertz CT molecular complexity index is 1460. The van der Waals surface area contributed by atoms with Crippen LogP contribution >= 0.6 is 0 Å². The Hall–Kier alpha value is -4.18. The predicted octanol–water partition coefficient (Wildman–Crippen LogP) is 6.98. The number of piperidine rings is 1. The van der Waals surface area contributed by atoms with E-state index in [1.807, 2.05) is 59.5 Å². The molecule has 42 heavy (non-hydrogen) atoms. The summed E-state index contributed by atoms with van der Waals surface area (Å²) in [5, 5.41) is 11.7. The number of nitrogens with zero attached hydrogens (tertiary/aromatic N) is 2. The standard InChI is InChI=1S/C36H38N2O3Si/c1-36(2,3)42(32-15-9-5-10-16-32,33-17-11-6-12-18-33)41-31-23-24-38(35(39)40-27-29-13-7-4-8-14-29)34(25-31)30-21-19-28(26-37)20-22-30/h4-22,31,34H,23-25,27H2,1-3H3. The second-order valence-corrected chi connectivity index (χ2v) is 16.2. The molecule has 214 valence electrons. The van der Waals surface area contributed by atoms with Crippen molar-refractivity contribution in [1.82, 2.24) is 4.90 Å². The van der Waals surface area contributed by atoms with E-state index in [1.165, 1.54) is 10.4 Å². The monoisotopic (exact) mass is 574 g/mol. The van der Waals surface area contributed by atoms with Gasteiger partial charge in [-0.3, -0.25) is 0 Å². The molecule has 0 spiro atoms. The van der Waals surface area contributed by atoms with Crippen molar-refractivity contribution >= 4 is 24.8 Å². The Kier molecular flexibility index (Phi) is 8.91. The number of hydrogen-bond acceptors (Lipinski definition) is 4. The summed E-state index contributed by atoms with van der Waals surface area (Å²) in [5.74, 6) is 0. The van der Waals surface area contributed by atoms with Gasteiger partial charge in [0.05, 0.1) is 17.7 Å². The number of carbonyl (C=O) groups is 1. The Morgan fingerprint density at radius 3 is 1.93 bits per heavy atom. The zero-order valence-electron chi connectivity index (χ0n) is 24.6. The number of likely N-dealkylation sites (tertiary alicyclic amines) is 1. The summed E-state index contributed by atoms with van der Waals surface area (Å²) >= 11 is 0. The van der Waals surface area contributed by atoms with Crippen molar-refractivity contribution < 1.29 is 14.0 Å². The van der Waals surface area contributed by atoms with Crippen LogP contribution in [-0.2, 0) is 15.8 Å². The number of hydrogen-bond donors (Lipinski definition) is 0. The van der Waals surface area contributed by atoms with Gasteiger partial charge in [0.2, 0.25) is 0 Å². The first-order valence-electron chi connectivity index (χ1n) is 14.6.